The van der Waals surface area contributed by atoms with Crippen LogP contribution in [0.5, 0.6) is 0 Å². The molecule has 76 valence electrons. The molecule has 0 saturated heterocycles. The quantitative estimate of drug-likeness (QED) is 0.663. The lowest BCUT2D eigenvalue weighted by atomic mass is 10.3. The van der Waals surface area contributed by atoms with Gasteiger partial charge in [0.1, 0.15) is 6.26 Å². The summed E-state index contributed by atoms with van der Waals surface area (Å²) in [6.45, 7) is 0. The topological polar surface area (TPSA) is 86.3 Å². The molecule has 0 spiro atoms. The largest absolute Gasteiger partial charge is 0.458 e. The first-order valence-electron chi connectivity index (χ1n) is 4.07. The molecule has 15 heavy (non-hydrogen) atoms. The van der Waals surface area contributed by atoms with E-state index >= 15 is 0 Å². The molecule has 0 unspecified atom stereocenters. The maximum absolute atomic E-state index is 10.8. The summed E-state index contributed by atoms with van der Waals surface area (Å²) in [7, 11) is 0. The van der Waals surface area contributed by atoms with Gasteiger partial charge in [0, 0.05) is 0 Å². The highest BCUT2D eigenvalue weighted by Crippen LogP contribution is 2.15. The molecule has 0 aliphatic carbocycles. The molecule has 2 N–H and O–H groups in total. The smallest absolute Gasteiger partial charge is 0.286 e. The van der Waals surface area contributed by atoms with Crippen LogP contribution in [0.1, 0.15) is 0 Å². The van der Waals surface area contributed by atoms with Crippen LogP contribution in [0.3, 0.4) is 0 Å². The highest BCUT2D eigenvalue weighted by atomic mass is 16.5. The predicted molar refractivity (Wildman–Crippen MR) is 52.6 cm³/mol. The Kier molecular flexibility index (Phi) is 2.32. The monoisotopic (exact) mass is 205 g/mol. The van der Waals surface area contributed by atoms with Crippen molar-refractivity contribution in [2.45, 2.75) is 0 Å². The van der Waals surface area contributed by atoms with Gasteiger partial charge in [0.05, 0.1) is 24.8 Å². The molecule has 2 rings (SSSR count). The van der Waals surface area contributed by atoms with Crippen LogP contribution in [0, 0.1) is 0 Å². The minimum absolute atomic E-state index is 0.0356. The van der Waals surface area contributed by atoms with Crippen molar-refractivity contribution in [1.29, 1.82) is 0 Å². The average molecular weight is 205 g/mol. The van der Waals surface area contributed by atoms with Crippen LogP contribution < -0.4 is 5.73 Å². The molecular weight excluding hydrogens is 198 g/mol. The standard InChI is InChI=1S/C9H7N3O3/c10-9(13)8-5-12-4-7(15-8)6-3-11-1-2-14-6/h1-5H,(H2,10,13). The number of ether oxygens (including phenoxy) is 2. The van der Waals surface area contributed by atoms with Crippen molar-refractivity contribution in [1.82, 2.24) is 0 Å². The van der Waals surface area contributed by atoms with E-state index in [0.29, 0.717) is 11.5 Å². The van der Waals surface area contributed by atoms with Crippen LogP contribution in [-0.4, -0.2) is 18.3 Å². The summed E-state index contributed by atoms with van der Waals surface area (Å²) in [6.07, 6.45) is 6.97. The number of primary amides is 1. The maximum Gasteiger partial charge on any atom is 0.286 e. The molecule has 2 aliphatic rings. The van der Waals surface area contributed by atoms with E-state index in [1.165, 1.54) is 31.1 Å². The van der Waals surface area contributed by atoms with E-state index < -0.39 is 5.91 Å². The van der Waals surface area contributed by atoms with E-state index in [0.717, 1.165) is 0 Å². The number of allylic oxidation sites excluding steroid dienone is 2. The van der Waals surface area contributed by atoms with Crippen LogP contribution in [0.4, 0.5) is 0 Å². The molecule has 1 amide bonds. The second-order valence-corrected chi connectivity index (χ2v) is 2.65. The van der Waals surface area contributed by atoms with Gasteiger partial charge in [-0.1, -0.05) is 0 Å². The molecule has 0 radical (unpaired) electrons. The molecule has 6 nitrogen and oxygen atoms in total. The Morgan fingerprint density at radius 1 is 1.27 bits per heavy atom. The summed E-state index contributed by atoms with van der Waals surface area (Å²) in [4.78, 5) is 18.5. The van der Waals surface area contributed by atoms with Gasteiger partial charge in [-0.25, -0.2) is 0 Å². The number of nitrogens with two attached hydrogens (primary N) is 1. The summed E-state index contributed by atoms with van der Waals surface area (Å²) >= 11 is 0. The molecular formula is C9H7N3O3. The lowest BCUT2D eigenvalue weighted by Gasteiger charge is -2.13. The molecule has 0 aromatic heterocycles. The summed E-state index contributed by atoms with van der Waals surface area (Å²) < 4.78 is 10.3. The molecule has 0 aromatic rings. The summed E-state index contributed by atoms with van der Waals surface area (Å²) in [5.74, 6) is -0.0627. The number of amides is 1. The number of carbonyl (C=O) groups excluding carboxylic acids is 1. The molecule has 6 heteroatoms. The number of nitrogens with zero attached hydrogens (tertiary/aromatic N) is 2. The van der Waals surface area contributed by atoms with E-state index in [4.69, 9.17) is 15.2 Å². The minimum atomic E-state index is -0.687. The van der Waals surface area contributed by atoms with Crippen molar-refractivity contribution in [3.63, 3.8) is 0 Å². The van der Waals surface area contributed by atoms with Crippen molar-refractivity contribution in [3.05, 3.63) is 35.9 Å². The second kappa shape index (κ2) is 3.79. The van der Waals surface area contributed by atoms with Gasteiger partial charge in [0.25, 0.3) is 5.91 Å². The van der Waals surface area contributed by atoms with Crippen LogP contribution in [-0.2, 0) is 14.3 Å². The van der Waals surface area contributed by atoms with Gasteiger partial charge >= 0.3 is 0 Å². The summed E-state index contributed by atoms with van der Waals surface area (Å²) in [5.41, 5.74) is 5.04. The van der Waals surface area contributed by atoms with Gasteiger partial charge in [0.2, 0.25) is 5.76 Å². The van der Waals surface area contributed by atoms with Crippen LogP contribution in [0.25, 0.3) is 0 Å². The Morgan fingerprint density at radius 2 is 2.07 bits per heavy atom. The number of carbonyl (C=O) groups is 1. The fourth-order valence-electron chi connectivity index (χ4n) is 0.973. The van der Waals surface area contributed by atoms with Crippen LogP contribution >= 0.6 is 0 Å². The third-order valence-electron chi connectivity index (χ3n) is 1.62. The number of hydrogen-bond acceptors (Lipinski definition) is 5. The highest BCUT2D eigenvalue weighted by Gasteiger charge is 2.16. The lowest BCUT2D eigenvalue weighted by Crippen LogP contribution is -2.19. The number of aliphatic imine (C=N–C) groups is 2. The summed E-state index contributed by atoms with van der Waals surface area (Å²) in [5, 5.41) is 0. The van der Waals surface area contributed by atoms with Crippen molar-refractivity contribution in [2.24, 2.45) is 15.7 Å². The zero-order valence-corrected chi connectivity index (χ0v) is 7.58. The van der Waals surface area contributed by atoms with Gasteiger partial charge in [-0.2, -0.15) is 0 Å². The Morgan fingerprint density at radius 3 is 2.73 bits per heavy atom. The zero-order chi connectivity index (χ0) is 10.7. The maximum atomic E-state index is 10.8. The lowest BCUT2D eigenvalue weighted by molar-refractivity contribution is -0.117. The Bertz CT molecular complexity index is 444. The Balaban J connectivity index is 2.25. The fourth-order valence-corrected chi connectivity index (χ4v) is 0.973. The molecule has 0 fully saturated rings. The van der Waals surface area contributed by atoms with Crippen molar-refractivity contribution in [2.75, 3.05) is 0 Å². The highest BCUT2D eigenvalue weighted by molar-refractivity contribution is 5.95. The van der Waals surface area contributed by atoms with Gasteiger partial charge in [-0.3, -0.25) is 14.8 Å². The van der Waals surface area contributed by atoms with E-state index in [2.05, 4.69) is 9.98 Å². The SMILES string of the molecule is NC(=O)C1=CN=CC(=C2C=NC=CO2)O1. The molecule has 0 bridgehead atoms. The Labute approximate surface area is 85.1 Å². The molecule has 2 aliphatic heterocycles. The summed E-state index contributed by atoms with van der Waals surface area (Å²) in [6, 6.07) is 0. The van der Waals surface area contributed by atoms with Crippen molar-refractivity contribution >= 4 is 18.3 Å². The molecule has 0 atom stereocenters. The van der Waals surface area contributed by atoms with Gasteiger partial charge in [-0.15, -0.1) is 0 Å². The molecule has 2 heterocycles. The number of rotatable bonds is 1. The second-order valence-electron chi connectivity index (χ2n) is 2.65. The molecule has 0 saturated carbocycles. The van der Waals surface area contributed by atoms with Gasteiger partial charge in [0.15, 0.2) is 11.5 Å². The fraction of sp³-hybridized carbons (Fsp3) is 0. The van der Waals surface area contributed by atoms with E-state index in [1.807, 2.05) is 0 Å². The first-order chi connectivity index (χ1) is 7.27. The third kappa shape index (κ3) is 1.93. The third-order valence-corrected chi connectivity index (χ3v) is 1.62. The predicted octanol–water partition coefficient (Wildman–Crippen LogP) is 0.198. The normalized spacial score (nSPS) is 23.1. The molecule has 0 aromatic carbocycles. The van der Waals surface area contributed by atoms with Crippen LogP contribution in [0.2, 0.25) is 0 Å². The van der Waals surface area contributed by atoms with Gasteiger partial charge < -0.3 is 15.2 Å². The first-order valence-corrected chi connectivity index (χ1v) is 4.07. The zero-order valence-electron chi connectivity index (χ0n) is 7.58. The van der Waals surface area contributed by atoms with Crippen molar-refractivity contribution in [3.8, 4) is 0 Å². The van der Waals surface area contributed by atoms with E-state index in [9.17, 15) is 4.79 Å². The van der Waals surface area contributed by atoms with E-state index in [-0.39, 0.29) is 5.76 Å². The van der Waals surface area contributed by atoms with Crippen LogP contribution in [0.15, 0.2) is 45.9 Å². The minimum Gasteiger partial charge on any atom is -0.458 e. The Hall–Kier alpha value is -2.37. The van der Waals surface area contributed by atoms with Crippen molar-refractivity contribution < 1.29 is 14.3 Å². The number of hydrogen-bond donors (Lipinski definition) is 1. The average Bonchev–Trinajstić information content (AvgIpc) is 2.30. The van der Waals surface area contributed by atoms with E-state index in [1.54, 1.807) is 0 Å². The van der Waals surface area contributed by atoms with Gasteiger partial charge in [-0.05, 0) is 0 Å². The first kappa shape index (κ1) is 9.20.